The highest BCUT2D eigenvalue weighted by molar-refractivity contribution is 6.06. The lowest BCUT2D eigenvalue weighted by Gasteiger charge is -2.34. The van der Waals surface area contributed by atoms with Gasteiger partial charge in [-0.1, -0.05) is 24.3 Å². The molecular weight excluding hydrogens is 446 g/mol. The number of hydrogen-bond acceptors (Lipinski definition) is 6. The van der Waals surface area contributed by atoms with E-state index in [1.165, 1.54) is 0 Å². The molecule has 0 fully saturated rings. The first-order valence-corrected chi connectivity index (χ1v) is 11.4. The molecule has 0 bridgehead atoms. The SMILES string of the molecule is CN(C)c1ccc(C(=O)N(CCN2CCOc3c(OCC(=O)O)cccc32)c2ccccc2)cc1. The summed E-state index contributed by atoms with van der Waals surface area (Å²) in [6.07, 6.45) is 0. The van der Waals surface area contributed by atoms with Crippen LogP contribution in [0.1, 0.15) is 10.4 Å². The molecule has 0 aromatic heterocycles. The van der Waals surface area contributed by atoms with E-state index in [9.17, 15) is 9.59 Å². The van der Waals surface area contributed by atoms with Crippen LogP contribution in [-0.4, -0.2) is 63.9 Å². The predicted molar refractivity (Wildman–Crippen MR) is 136 cm³/mol. The maximum atomic E-state index is 13.5. The molecule has 1 amide bonds. The van der Waals surface area contributed by atoms with Gasteiger partial charge in [-0.25, -0.2) is 4.79 Å². The number of ether oxygens (including phenoxy) is 2. The highest BCUT2D eigenvalue weighted by atomic mass is 16.5. The summed E-state index contributed by atoms with van der Waals surface area (Å²) >= 11 is 0. The van der Waals surface area contributed by atoms with Crippen LogP contribution in [0.2, 0.25) is 0 Å². The zero-order chi connectivity index (χ0) is 24.8. The summed E-state index contributed by atoms with van der Waals surface area (Å²) in [5.74, 6) is -0.206. The van der Waals surface area contributed by atoms with Crippen molar-refractivity contribution in [2.45, 2.75) is 0 Å². The summed E-state index contributed by atoms with van der Waals surface area (Å²) in [4.78, 5) is 30.4. The molecular formula is C27H29N3O5. The summed E-state index contributed by atoms with van der Waals surface area (Å²) in [5, 5.41) is 8.96. The molecule has 0 radical (unpaired) electrons. The molecule has 0 saturated carbocycles. The zero-order valence-corrected chi connectivity index (χ0v) is 19.9. The summed E-state index contributed by atoms with van der Waals surface area (Å²) < 4.78 is 11.2. The fraction of sp³-hybridized carbons (Fsp3) is 0.259. The van der Waals surface area contributed by atoms with Gasteiger partial charge in [-0.15, -0.1) is 0 Å². The molecule has 0 spiro atoms. The van der Waals surface area contributed by atoms with Crippen LogP contribution in [0.4, 0.5) is 17.1 Å². The van der Waals surface area contributed by atoms with Gasteiger partial charge >= 0.3 is 5.97 Å². The second-order valence-electron chi connectivity index (χ2n) is 8.36. The van der Waals surface area contributed by atoms with Crippen molar-refractivity contribution in [2.24, 2.45) is 0 Å². The minimum atomic E-state index is -1.05. The van der Waals surface area contributed by atoms with Crippen LogP contribution in [0.3, 0.4) is 0 Å². The average molecular weight is 476 g/mol. The Morgan fingerprint density at radius 3 is 2.40 bits per heavy atom. The van der Waals surface area contributed by atoms with Crippen LogP contribution < -0.4 is 24.2 Å². The Hall–Kier alpha value is -4.20. The summed E-state index contributed by atoms with van der Waals surface area (Å²) in [6, 6.07) is 22.6. The van der Waals surface area contributed by atoms with E-state index in [-0.39, 0.29) is 5.91 Å². The number of amides is 1. The number of hydrogen-bond donors (Lipinski definition) is 1. The van der Waals surface area contributed by atoms with Gasteiger partial charge in [0.05, 0.1) is 12.2 Å². The lowest BCUT2D eigenvalue weighted by molar-refractivity contribution is -0.139. The third kappa shape index (κ3) is 5.66. The number of nitrogens with zero attached hydrogens (tertiary/aromatic N) is 3. The number of carbonyl (C=O) groups excluding carboxylic acids is 1. The minimum Gasteiger partial charge on any atom is -0.486 e. The van der Waals surface area contributed by atoms with Crippen molar-refractivity contribution in [3.8, 4) is 11.5 Å². The maximum Gasteiger partial charge on any atom is 0.341 e. The highest BCUT2D eigenvalue weighted by Gasteiger charge is 2.24. The lowest BCUT2D eigenvalue weighted by Crippen LogP contribution is -2.41. The first-order chi connectivity index (χ1) is 16.9. The van der Waals surface area contributed by atoms with Gasteiger partial charge in [0.15, 0.2) is 18.1 Å². The van der Waals surface area contributed by atoms with Crippen LogP contribution in [0.15, 0.2) is 72.8 Å². The topological polar surface area (TPSA) is 82.6 Å². The summed E-state index contributed by atoms with van der Waals surface area (Å²) in [5.41, 5.74) is 3.28. The zero-order valence-electron chi connectivity index (χ0n) is 19.9. The molecule has 1 N–H and O–H groups in total. The molecule has 0 saturated heterocycles. The molecule has 1 aliphatic heterocycles. The highest BCUT2D eigenvalue weighted by Crippen LogP contribution is 2.39. The fourth-order valence-corrected chi connectivity index (χ4v) is 4.00. The normalized spacial score (nSPS) is 12.3. The fourth-order valence-electron chi connectivity index (χ4n) is 4.00. The molecule has 35 heavy (non-hydrogen) atoms. The largest absolute Gasteiger partial charge is 0.486 e. The molecule has 4 rings (SSSR count). The Labute approximate surface area is 204 Å². The number of benzene rings is 3. The monoisotopic (exact) mass is 475 g/mol. The van der Waals surface area contributed by atoms with Gasteiger partial charge in [0.1, 0.15) is 6.61 Å². The molecule has 1 heterocycles. The molecule has 3 aromatic rings. The quantitative estimate of drug-likeness (QED) is 0.505. The van der Waals surface area contributed by atoms with Gasteiger partial charge in [0, 0.05) is 44.1 Å². The molecule has 1 aliphatic rings. The third-order valence-electron chi connectivity index (χ3n) is 5.79. The van der Waals surface area contributed by atoms with Crippen LogP contribution in [0.5, 0.6) is 11.5 Å². The minimum absolute atomic E-state index is 0.0754. The van der Waals surface area contributed by atoms with Gasteiger partial charge in [-0.05, 0) is 48.5 Å². The van der Waals surface area contributed by atoms with E-state index in [4.69, 9.17) is 14.6 Å². The van der Waals surface area contributed by atoms with Crippen molar-refractivity contribution >= 4 is 28.9 Å². The number of rotatable bonds is 9. The van der Waals surface area contributed by atoms with Crippen molar-refractivity contribution in [1.82, 2.24) is 0 Å². The van der Waals surface area contributed by atoms with E-state index in [1.807, 2.05) is 85.7 Å². The van der Waals surface area contributed by atoms with E-state index in [0.29, 0.717) is 43.3 Å². The van der Waals surface area contributed by atoms with Crippen molar-refractivity contribution in [1.29, 1.82) is 0 Å². The Morgan fingerprint density at radius 1 is 0.971 bits per heavy atom. The van der Waals surface area contributed by atoms with Gasteiger partial charge in [-0.3, -0.25) is 4.79 Å². The van der Waals surface area contributed by atoms with E-state index in [0.717, 1.165) is 17.1 Å². The third-order valence-corrected chi connectivity index (χ3v) is 5.79. The number of carbonyl (C=O) groups is 2. The average Bonchev–Trinajstić information content (AvgIpc) is 2.88. The first kappa shape index (κ1) is 23.9. The summed E-state index contributed by atoms with van der Waals surface area (Å²) in [7, 11) is 3.93. The van der Waals surface area contributed by atoms with Crippen LogP contribution in [0, 0.1) is 0 Å². The van der Waals surface area contributed by atoms with Crippen LogP contribution in [-0.2, 0) is 4.79 Å². The maximum absolute atomic E-state index is 13.5. The van der Waals surface area contributed by atoms with E-state index in [2.05, 4.69) is 4.90 Å². The first-order valence-electron chi connectivity index (χ1n) is 11.4. The Kier molecular flexibility index (Phi) is 7.40. The van der Waals surface area contributed by atoms with Crippen LogP contribution in [0.25, 0.3) is 0 Å². The van der Waals surface area contributed by atoms with E-state index >= 15 is 0 Å². The molecule has 3 aromatic carbocycles. The van der Waals surface area contributed by atoms with Crippen molar-refractivity contribution in [2.75, 3.05) is 61.6 Å². The van der Waals surface area contributed by atoms with E-state index < -0.39 is 12.6 Å². The second kappa shape index (κ2) is 10.8. The predicted octanol–water partition coefficient (Wildman–Crippen LogP) is 3.76. The van der Waals surface area contributed by atoms with E-state index in [1.54, 1.807) is 11.0 Å². The molecule has 0 aliphatic carbocycles. The number of para-hydroxylation sites is 2. The van der Waals surface area contributed by atoms with Gasteiger partial charge in [0.2, 0.25) is 0 Å². The molecule has 8 nitrogen and oxygen atoms in total. The Bertz CT molecular complexity index is 1170. The van der Waals surface area contributed by atoms with Crippen LogP contribution >= 0.6 is 0 Å². The molecule has 0 atom stereocenters. The Morgan fingerprint density at radius 2 is 1.71 bits per heavy atom. The summed E-state index contributed by atoms with van der Waals surface area (Å²) in [6.45, 7) is 1.66. The standard InChI is InChI=1S/C27H29N3O5/c1-28(2)21-13-11-20(12-14-21)27(33)30(22-7-4-3-5-8-22)16-15-29-17-18-34-26-23(29)9-6-10-24(26)35-19-25(31)32/h3-14H,15-19H2,1-2H3,(H,31,32). The number of carboxylic acid groups (broad SMARTS) is 1. The number of fused-ring (bicyclic) bond motifs is 1. The molecule has 0 unspecified atom stereocenters. The van der Waals surface area contributed by atoms with Crippen molar-refractivity contribution in [3.63, 3.8) is 0 Å². The van der Waals surface area contributed by atoms with Crippen molar-refractivity contribution < 1.29 is 24.2 Å². The lowest BCUT2D eigenvalue weighted by atomic mass is 10.1. The molecule has 182 valence electrons. The Balaban J connectivity index is 1.55. The van der Waals surface area contributed by atoms with Gasteiger partial charge < -0.3 is 29.3 Å². The van der Waals surface area contributed by atoms with Gasteiger partial charge in [0.25, 0.3) is 5.91 Å². The number of aliphatic carboxylic acids is 1. The molecule has 8 heteroatoms. The van der Waals surface area contributed by atoms with Gasteiger partial charge in [-0.2, -0.15) is 0 Å². The van der Waals surface area contributed by atoms with Crippen molar-refractivity contribution in [3.05, 3.63) is 78.4 Å². The number of carboxylic acids is 1. The smallest absolute Gasteiger partial charge is 0.341 e. The second-order valence-corrected chi connectivity index (χ2v) is 8.36. The number of anilines is 3.